The Labute approximate surface area is 112 Å². The van der Waals surface area contributed by atoms with Crippen molar-refractivity contribution in [3.05, 3.63) is 45.5 Å². The van der Waals surface area contributed by atoms with Crippen molar-refractivity contribution in [1.29, 1.82) is 0 Å². The average Bonchev–Trinajstić information content (AvgIpc) is 2.99. The minimum absolute atomic E-state index is 0.470. The molecule has 2 N–H and O–H groups in total. The molecule has 0 saturated heterocycles. The van der Waals surface area contributed by atoms with Crippen molar-refractivity contribution in [2.75, 3.05) is 6.54 Å². The zero-order valence-electron chi connectivity index (χ0n) is 11.0. The molecule has 3 nitrogen and oxygen atoms in total. The van der Waals surface area contributed by atoms with Crippen LogP contribution in [0.1, 0.15) is 28.9 Å². The lowest BCUT2D eigenvalue weighted by atomic mass is 10.2. The first-order valence-electron chi connectivity index (χ1n) is 6.26. The molecule has 0 aromatic carbocycles. The second-order valence-electron chi connectivity index (χ2n) is 4.38. The zero-order chi connectivity index (χ0) is 13.0. The summed E-state index contributed by atoms with van der Waals surface area (Å²) in [6.07, 6.45) is 0. The maximum Gasteiger partial charge on any atom is 0.118 e. The van der Waals surface area contributed by atoms with E-state index in [2.05, 4.69) is 35.4 Å². The van der Waals surface area contributed by atoms with Gasteiger partial charge in [-0.25, -0.2) is 0 Å². The van der Waals surface area contributed by atoms with E-state index in [-0.39, 0.29) is 0 Å². The number of nitrogens with two attached hydrogens (primary N) is 1. The van der Waals surface area contributed by atoms with E-state index in [0.717, 1.165) is 31.2 Å². The largest absolute Gasteiger partial charge is 0.465 e. The van der Waals surface area contributed by atoms with E-state index in [1.165, 1.54) is 10.4 Å². The molecule has 2 rings (SSSR count). The minimum Gasteiger partial charge on any atom is -0.465 e. The van der Waals surface area contributed by atoms with Crippen LogP contribution in [0.2, 0.25) is 0 Å². The molecule has 0 aliphatic heterocycles. The molecule has 2 aromatic heterocycles. The SMILES string of the molecule is CCN(Cc1cccs1)Cc1cc(CN)oc1C. The Hall–Kier alpha value is -1.10. The summed E-state index contributed by atoms with van der Waals surface area (Å²) in [6, 6.07) is 6.36. The Morgan fingerprint density at radius 3 is 2.78 bits per heavy atom. The van der Waals surface area contributed by atoms with Gasteiger partial charge in [0, 0.05) is 23.5 Å². The van der Waals surface area contributed by atoms with Crippen LogP contribution in [0.15, 0.2) is 28.0 Å². The molecule has 98 valence electrons. The predicted molar refractivity (Wildman–Crippen MR) is 75.4 cm³/mol. The third-order valence-electron chi connectivity index (χ3n) is 3.07. The van der Waals surface area contributed by atoms with Gasteiger partial charge in [-0.2, -0.15) is 0 Å². The number of rotatable bonds is 6. The van der Waals surface area contributed by atoms with Crippen LogP contribution in [0.5, 0.6) is 0 Å². The van der Waals surface area contributed by atoms with E-state index >= 15 is 0 Å². The highest BCUT2D eigenvalue weighted by Gasteiger charge is 2.11. The van der Waals surface area contributed by atoms with E-state index in [1.54, 1.807) is 11.3 Å². The zero-order valence-corrected chi connectivity index (χ0v) is 11.8. The maximum absolute atomic E-state index is 5.60. The Balaban J connectivity index is 2.03. The Kier molecular flexibility index (Phi) is 4.58. The summed E-state index contributed by atoms with van der Waals surface area (Å²) in [7, 11) is 0. The summed E-state index contributed by atoms with van der Waals surface area (Å²) in [5.41, 5.74) is 6.84. The minimum atomic E-state index is 0.470. The first-order chi connectivity index (χ1) is 8.72. The van der Waals surface area contributed by atoms with Gasteiger partial charge in [-0.3, -0.25) is 4.90 Å². The van der Waals surface area contributed by atoms with Crippen LogP contribution in [0.3, 0.4) is 0 Å². The van der Waals surface area contributed by atoms with Gasteiger partial charge in [-0.15, -0.1) is 11.3 Å². The molecule has 0 radical (unpaired) electrons. The number of hydrogen-bond acceptors (Lipinski definition) is 4. The Morgan fingerprint density at radius 1 is 1.39 bits per heavy atom. The molecule has 0 amide bonds. The average molecular weight is 264 g/mol. The second-order valence-corrected chi connectivity index (χ2v) is 5.41. The van der Waals surface area contributed by atoms with Crippen LogP contribution in [-0.2, 0) is 19.6 Å². The number of hydrogen-bond donors (Lipinski definition) is 1. The van der Waals surface area contributed by atoms with Crippen LogP contribution in [0, 0.1) is 6.92 Å². The molecule has 0 saturated carbocycles. The standard InChI is InChI=1S/C14H20N2OS/c1-3-16(10-14-5-4-6-18-14)9-12-7-13(8-15)17-11(12)2/h4-7H,3,8-10,15H2,1-2H3. The molecule has 0 unspecified atom stereocenters. The van der Waals surface area contributed by atoms with Gasteiger partial charge in [0.05, 0.1) is 6.54 Å². The van der Waals surface area contributed by atoms with E-state index in [1.807, 2.05) is 6.92 Å². The molecular weight excluding hydrogens is 244 g/mol. The molecule has 4 heteroatoms. The molecule has 0 bridgehead atoms. The first kappa shape index (κ1) is 13.3. The van der Waals surface area contributed by atoms with E-state index in [0.29, 0.717) is 6.54 Å². The van der Waals surface area contributed by atoms with Crippen LogP contribution < -0.4 is 5.73 Å². The van der Waals surface area contributed by atoms with Crippen molar-refractivity contribution in [2.24, 2.45) is 5.73 Å². The van der Waals surface area contributed by atoms with Crippen molar-refractivity contribution in [2.45, 2.75) is 33.5 Å². The molecule has 0 atom stereocenters. The lowest BCUT2D eigenvalue weighted by Gasteiger charge is -2.19. The highest BCUT2D eigenvalue weighted by Crippen LogP contribution is 2.19. The van der Waals surface area contributed by atoms with Crippen molar-refractivity contribution in [3.8, 4) is 0 Å². The molecule has 0 fully saturated rings. The summed E-state index contributed by atoms with van der Waals surface area (Å²) < 4.78 is 5.60. The van der Waals surface area contributed by atoms with Gasteiger partial charge >= 0.3 is 0 Å². The quantitative estimate of drug-likeness (QED) is 0.871. The summed E-state index contributed by atoms with van der Waals surface area (Å²) in [5.74, 6) is 1.86. The van der Waals surface area contributed by atoms with Gasteiger partial charge in [0.15, 0.2) is 0 Å². The Bertz CT molecular complexity index is 476. The summed E-state index contributed by atoms with van der Waals surface area (Å²) >= 11 is 1.81. The van der Waals surface area contributed by atoms with Crippen LogP contribution >= 0.6 is 11.3 Å². The molecule has 2 heterocycles. The highest BCUT2D eigenvalue weighted by atomic mass is 32.1. The normalized spacial score (nSPS) is 11.3. The number of thiophene rings is 1. The number of furan rings is 1. The van der Waals surface area contributed by atoms with Gasteiger partial charge in [0.1, 0.15) is 11.5 Å². The van der Waals surface area contributed by atoms with Crippen molar-refractivity contribution in [1.82, 2.24) is 4.90 Å². The van der Waals surface area contributed by atoms with Gasteiger partial charge in [0.2, 0.25) is 0 Å². The van der Waals surface area contributed by atoms with Crippen LogP contribution in [0.4, 0.5) is 0 Å². The van der Waals surface area contributed by atoms with Gasteiger partial charge in [0.25, 0.3) is 0 Å². The van der Waals surface area contributed by atoms with Gasteiger partial charge < -0.3 is 10.2 Å². The molecule has 18 heavy (non-hydrogen) atoms. The number of aryl methyl sites for hydroxylation is 1. The molecule has 0 aliphatic carbocycles. The van der Waals surface area contributed by atoms with E-state index in [4.69, 9.17) is 10.2 Å². The molecule has 0 aliphatic rings. The monoisotopic (exact) mass is 264 g/mol. The van der Waals surface area contributed by atoms with Crippen molar-refractivity contribution >= 4 is 11.3 Å². The van der Waals surface area contributed by atoms with E-state index in [9.17, 15) is 0 Å². The topological polar surface area (TPSA) is 42.4 Å². The maximum atomic E-state index is 5.60. The summed E-state index contributed by atoms with van der Waals surface area (Å²) in [4.78, 5) is 3.81. The summed E-state index contributed by atoms with van der Waals surface area (Å²) in [5, 5.41) is 2.12. The lowest BCUT2D eigenvalue weighted by molar-refractivity contribution is 0.272. The van der Waals surface area contributed by atoms with Gasteiger partial charge in [-0.05, 0) is 31.0 Å². The third-order valence-corrected chi connectivity index (χ3v) is 3.93. The predicted octanol–water partition coefficient (Wildman–Crippen LogP) is 3.13. The molecule has 0 spiro atoms. The Morgan fingerprint density at radius 2 is 2.22 bits per heavy atom. The highest BCUT2D eigenvalue weighted by molar-refractivity contribution is 7.09. The third kappa shape index (κ3) is 3.22. The smallest absolute Gasteiger partial charge is 0.118 e. The van der Waals surface area contributed by atoms with Crippen LogP contribution in [0.25, 0.3) is 0 Å². The van der Waals surface area contributed by atoms with Crippen molar-refractivity contribution in [3.63, 3.8) is 0 Å². The van der Waals surface area contributed by atoms with Gasteiger partial charge in [-0.1, -0.05) is 13.0 Å². The fourth-order valence-corrected chi connectivity index (χ4v) is 2.73. The molecule has 2 aromatic rings. The van der Waals surface area contributed by atoms with E-state index < -0.39 is 0 Å². The number of nitrogens with zero attached hydrogens (tertiary/aromatic N) is 1. The molecular formula is C14H20N2OS. The fraction of sp³-hybridized carbons (Fsp3) is 0.429. The second kappa shape index (κ2) is 6.18. The van der Waals surface area contributed by atoms with Crippen molar-refractivity contribution < 1.29 is 4.42 Å². The summed E-state index contributed by atoms with van der Waals surface area (Å²) in [6.45, 7) is 7.61. The fourth-order valence-electron chi connectivity index (χ4n) is 1.99. The van der Waals surface area contributed by atoms with Crippen LogP contribution in [-0.4, -0.2) is 11.4 Å². The lowest BCUT2D eigenvalue weighted by Crippen LogP contribution is -2.21. The first-order valence-corrected chi connectivity index (χ1v) is 7.14.